The van der Waals surface area contributed by atoms with Gasteiger partial charge in [0.1, 0.15) is 0 Å². The van der Waals surface area contributed by atoms with Gasteiger partial charge in [-0.15, -0.1) is 0 Å². The Kier molecular flexibility index (Phi) is 8.88. The van der Waals surface area contributed by atoms with E-state index in [1.807, 2.05) is 0 Å². The summed E-state index contributed by atoms with van der Waals surface area (Å²) in [5, 5.41) is 9.25. The summed E-state index contributed by atoms with van der Waals surface area (Å²) in [5.74, 6) is 0. The van der Waals surface area contributed by atoms with Gasteiger partial charge in [0.15, 0.2) is 0 Å². The van der Waals surface area contributed by atoms with Gasteiger partial charge in [0, 0.05) is 20.8 Å². The van der Waals surface area contributed by atoms with Gasteiger partial charge >= 0.3 is 0 Å². The molecule has 0 fully saturated rings. The van der Waals surface area contributed by atoms with Gasteiger partial charge in [-0.05, 0) is 12.8 Å². The minimum atomic E-state index is -0.294. The second-order valence-corrected chi connectivity index (χ2v) is 2.95. The first-order valence-corrected chi connectivity index (χ1v) is 4.47. The van der Waals surface area contributed by atoms with Gasteiger partial charge in [0.25, 0.3) is 0 Å². The van der Waals surface area contributed by atoms with Gasteiger partial charge in [-0.2, -0.15) is 0 Å². The lowest BCUT2D eigenvalue weighted by Gasteiger charge is -2.08. The van der Waals surface area contributed by atoms with E-state index < -0.39 is 0 Å². The lowest BCUT2D eigenvalue weighted by molar-refractivity contribution is 0.0572. The van der Waals surface area contributed by atoms with Crippen molar-refractivity contribution in [3.8, 4) is 0 Å². The minimum Gasteiger partial charge on any atom is -0.391 e. The highest BCUT2D eigenvalue weighted by Gasteiger charge is 2.01. The third-order valence-electron chi connectivity index (χ3n) is 1.74. The molecular formula is C9H20O3. The van der Waals surface area contributed by atoms with Crippen LogP contribution in [0.1, 0.15) is 25.7 Å². The average molecular weight is 176 g/mol. The lowest BCUT2D eigenvalue weighted by Crippen LogP contribution is -2.13. The van der Waals surface area contributed by atoms with Crippen LogP contribution < -0.4 is 0 Å². The second-order valence-electron chi connectivity index (χ2n) is 2.95. The van der Waals surface area contributed by atoms with E-state index in [2.05, 4.69) is 0 Å². The SMILES string of the molecule is COCCCCCC(O)COC. The van der Waals surface area contributed by atoms with Gasteiger partial charge in [0.2, 0.25) is 0 Å². The Balaban J connectivity index is 2.97. The molecule has 0 heterocycles. The molecule has 0 radical (unpaired) electrons. The van der Waals surface area contributed by atoms with Crippen molar-refractivity contribution in [3.05, 3.63) is 0 Å². The van der Waals surface area contributed by atoms with E-state index in [9.17, 15) is 5.11 Å². The van der Waals surface area contributed by atoms with E-state index in [0.717, 1.165) is 32.3 Å². The Morgan fingerprint density at radius 3 is 2.42 bits per heavy atom. The fourth-order valence-corrected chi connectivity index (χ4v) is 1.08. The summed E-state index contributed by atoms with van der Waals surface area (Å²) in [6.07, 6.45) is 3.79. The third-order valence-corrected chi connectivity index (χ3v) is 1.74. The van der Waals surface area contributed by atoms with Crippen LogP contribution in [0.3, 0.4) is 0 Å². The largest absolute Gasteiger partial charge is 0.391 e. The molecule has 0 aliphatic rings. The van der Waals surface area contributed by atoms with Crippen LogP contribution in [-0.2, 0) is 9.47 Å². The third kappa shape index (κ3) is 7.98. The van der Waals surface area contributed by atoms with Crippen molar-refractivity contribution in [1.29, 1.82) is 0 Å². The highest BCUT2D eigenvalue weighted by Crippen LogP contribution is 2.03. The fraction of sp³-hybridized carbons (Fsp3) is 1.00. The van der Waals surface area contributed by atoms with Crippen LogP contribution in [0.4, 0.5) is 0 Å². The van der Waals surface area contributed by atoms with E-state index >= 15 is 0 Å². The Morgan fingerprint density at radius 2 is 1.83 bits per heavy atom. The molecule has 3 heteroatoms. The summed E-state index contributed by atoms with van der Waals surface area (Å²) in [5.41, 5.74) is 0. The molecule has 3 nitrogen and oxygen atoms in total. The van der Waals surface area contributed by atoms with E-state index in [0.29, 0.717) is 6.61 Å². The summed E-state index contributed by atoms with van der Waals surface area (Å²) < 4.78 is 9.72. The quantitative estimate of drug-likeness (QED) is 0.565. The van der Waals surface area contributed by atoms with Crippen LogP contribution in [0, 0.1) is 0 Å². The predicted molar refractivity (Wildman–Crippen MR) is 48.2 cm³/mol. The first kappa shape index (κ1) is 11.9. The molecule has 1 unspecified atom stereocenters. The van der Waals surface area contributed by atoms with Gasteiger partial charge in [-0.1, -0.05) is 12.8 Å². The first-order valence-electron chi connectivity index (χ1n) is 4.47. The molecule has 0 saturated carbocycles. The number of aliphatic hydroxyl groups excluding tert-OH is 1. The predicted octanol–water partition coefficient (Wildman–Crippen LogP) is 1.20. The highest BCUT2D eigenvalue weighted by atomic mass is 16.5. The molecule has 12 heavy (non-hydrogen) atoms. The number of unbranched alkanes of at least 4 members (excludes halogenated alkanes) is 2. The van der Waals surface area contributed by atoms with Gasteiger partial charge in [0.05, 0.1) is 12.7 Å². The maximum absolute atomic E-state index is 9.25. The van der Waals surface area contributed by atoms with Crippen molar-refractivity contribution in [1.82, 2.24) is 0 Å². The molecule has 0 aromatic rings. The van der Waals surface area contributed by atoms with E-state index in [1.54, 1.807) is 14.2 Å². The molecule has 1 atom stereocenters. The van der Waals surface area contributed by atoms with Crippen LogP contribution in [0.2, 0.25) is 0 Å². The number of rotatable bonds is 8. The zero-order valence-corrected chi connectivity index (χ0v) is 8.08. The molecule has 0 saturated heterocycles. The normalized spacial score (nSPS) is 13.2. The van der Waals surface area contributed by atoms with Crippen LogP contribution in [-0.4, -0.2) is 38.6 Å². The van der Waals surface area contributed by atoms with Crippen molar-refractivity contribution in [3.63, 3.8) is 0 Å². The fourth-order valence-electron chi connectivity index (χ4n) is 1.08. The number of hydrogen-bond donors (Lipinski definition) is 1. The maximum Gasteiger partial charge on any atom is 0.0773 e. The first-order chi connectivity index (χ1) is 5.81. The minimum absolute atomic E-state index is 0.294. The van der Waals surface area contributed by atoms with Crippen molar-refractivity contribution in [2.75, 3.05) is 27.4 Å². The Hall–Kier alpha value is -0.120. The summed E-state index contributed by atoms with van der Waals surface area (Å²) in [4.78, 5) is 0. The van der Waals surface area contributed by atoms with Crippen LogP contribution >= 0.6 is 0 Å². The molecular weight excluding hydrogens is 156 g/mol. The number of ether oxygens (including phenoxy) is 2. The highest BCUT2D eigenvalue weighted by molar-refractivity contribution is 4.53. The number of aliphatic hydroxyl groups is 1. The molecule has 1 N–H and O–H groups in total. The smallest absolute Gasteiger partial charge is 0.0773 e. The summed E-state index contributed by atoms with van der Waals surface area (Å²) >= 11 is 0. The Labute approximate surface area is 74.7 Å². The number of hydrogen-bond acceptors (Lipinski definition) is 3. The topological polar surface area (TPSA) is 38.7 Å². The molecule has 0 rings (SSSR count). The summed E-state index contributed by atoms with van der Waals surface area (Å²) in [7, 11) is 3.31. The molecule has 0 bridgehead atoms. The molecule has 0 aromatic heterocycles. The molecule has 0 spiro atoms. The molecule has 0 aromatic carbocycles. The molecule has 0 aliphatic heterocycles. The Morgan fingerprint density at radius 1 is 1.08 bits per heavy atom. The van der Waals surface area contributed by atoms with Gasteiger partial charge < -0.3 is 14.6 Å². The maximum atomic E-state index is 9.25. The van der Waals surface area contributed by atoms with E-state index in [1.165, 1.54) is 0 Å². The summed E-state index contributed by atoms with van der Waals surface area (Å²) in [6.45, 7) is 1.27. The molecule has 74 valence electrons. The second kappa shape index (κ2) is 8.97. The molecule has 0 aliphatic carbocycles. The van der Waals surface area contributed by atoms with Crippen molar-refractivity contribution >= 4 is 0 Å². The van der Waals surface area contributed by atoms with E-state index in [4.69, 9.17) is 9.47 Å². The zero-order valence-electron chi connectivity index (χ0n) is 8.08. The van der Waals surface area contributed by atoms with Crippen LogP contribution in [0.5, 0.6) is 0 Å². The van der Waals surface area contributed by atoms with Crippen LogP contribution in [0.25, 0.3) is 0 Å². The lowest BCUT2D eigenvalue weighted by atomic mass is 10.1. The van der Waals surface area contributed by atoms with Gasteiger partial charge in [-0.25, -0.2) is 0 Å². The monoisotopic (exact) mass is 176 g/mol. The zero-order chi connectivity index (χ0) is 9.23. The Bertz CT molecular complexity index is 85.8. The van der Waals surface area contributed by atoms with Crippen molar-refractivity contribution in [2.24, 2.45) is 0 Å². The van der Waals surface area contributed by atoms with Crippen molar-refractivity contribution < 1.29 is 14.6 Å². The summed E-state index contributed by atoms with van der Waals surface area (Å²) in [6, 6.07) is 0. The van der Waals surface area contributed by atoms with Crippen molar-refractivity contribution in [2.45, 2.75) is 31.8 Å². The van der Waals surface area contributed by atoms with E-state index in [-0.39, 0.29) is 6.10 Å². The standard InChI is InChI=1S/C9H20O3/c1-11-7-5-3-4-6-9(10)8-12-2/h9-10H,3-8H2,1-2H3. The van der Waals surface area contributed by atoms with Gasteiger partial charge in [-0.3, -0.25) is 0 Å². The average Bonchev–Trinajstić information content (AvgIpc) is 2.05. The number of methoxy groups -OCH3 is 2. The van der Waals surface area contributed by atoms with Crippen LogP contribution in [0.15, 0.2) is 0 Å². The molecule has 0 amide bonds.